The van der Waals surface area contributed by atoms with Gasteiger partial charge >= 0.3 is 0 Å². The molecule has 2 heteroatoms. The first-order valence-corrected chi connectivity index (χ1v) is 8.68. The molecule has 3 fully saturated rings. The Morgan fingerprint density at radius 3 is 2.53 bits per heavy atom. The molecule has 2 aliphatic heterocycles. The van der Waals surface area contributed by atoms with Crippen molar-refractivity contribution in [1.82, 2.24) is 10.2 Å². The summed E-state index contributed by atoms with van der Waals surface area (Å²) in [6.07, 6.45) is 12.9. The minimum Gasteiger partial charge on any atom is -0.312 e. The Morgan fingerprint density at radius 2 is 1.79 bits per heavy atom. The van der Waals surface area contributed by atoms with Gasteiger partial charge in [-0.15, -0.1) is 0 Å². The van der Waals surface area contributed by atoms with Gasteiger partial charge in [0.1, 0.15) is 0 Å². The van der Waals surface area contributed by atoms with Gasteiger partial charge in [0.15, 0.2) is 0 Å². The first-order valence-electron chi connectivity index (χ1n) is 8.68. The summed E-state index contributed by atoms with van der Waals surface area (Å²) in [7, 11) is 0. The molecule has 1 aliphatic carbocycles. The molecule has 1 saturated carbocycles. The van der Waals surface area contributed by atoms with E-state index in [2.05, 4.69) is 24.1 Å². The molecule has 2 nitrogen and oxygen atoms in total. The van der Waals surface area contributed by atoms with Gasteiger partial charge in [0.25, 0.3) is 0 Å². The third kappa shape index (κ3) is 2.85. The van der Waals surface area contributed by atoms with Crippen LogP contribution in [-0.2, 0) is 0 Å². The Bertz CT molecular complexity index is 294. The predicted octanol–water partition coefficient (Wildman–Crippen LogP) is 3.56. The van der Waals surface area contributed by atoms with Crippen molar-refractivity contribution >= 4 is 0 Å². The molecular formula is C17H32N2. The van der Waals surface area contributed by atoms with Gasteiger partial charge in [0, 0.05) is 18.1 Å². The van der Waals surface area contributed by atoms with Gasteiger partial charge in [0.05, 0.1) is 0 Å². The van der Waals surface area contributed by atoms with Gasteiger partial charge in [-0.3, -0.25) is 4.90 Å². The van der Waals surface area contributed by atoms with Crippen LogP contribution in [-0.4, -0.2) is 36.1 Å². The minimum absolute atomic E-state index is 0.534. The Labute approximate surface area is 119 Å². The zero-order valence-electron chi connectivity index (χ0n) is 13.0. The van der Waals surface area contributed by atoms with Gasteiger partial charge in [-0.25, -0.2) is 0 Å². The fourth-order valence-electron chi connectivity index (χ4n) is 4.93. The summed E-state index contributed by atoms with van der Waals surface area (Å²) in [6, 6.07) is 2.46. The third-order valence-electron chi connectivity index (χ3n) is 6.01. The molecule has 0 amide bonds. The summed E-state index contributed by atoms with van der Waals surface area (Å²) >= 11 is 0. The molecule has 0 radical (unpaired) electrons. The van der Waals surface area contributed by atoms with Gasteiger partial charge in [-0.1, -0.05) is 33.1 Å². The SMILES string of the molecule is CC1(C)CCCCC1N1CCCCC1C1CCCN1. The quantitative estimate of drug-likeness (QED) is 0.820. The lowest BCUT2D eigenvalue weighted by Crippen LogP contribution is -2.58. The van der Waals surface area contributed by atoms with E-state index in [-0.39, 0.29) is 0 Å². The van der Waals surface area contributed by atoms with Crippen LogP contribution in [0.5, 0.6) is 0 Å². The molecule has 0 aromatic rings. The first-order chi connectivity index (χ1) is 9.18. The lowest BCUT2D eigenvalue weighted by atomic mass is 9.71. The molecule has 3 rings (SSSR count). The fourth-order valence-corrected chi connectivity index (χ4v) is 4.93. The number of hydrogen-bond acceptors (Lipinski definition) is 2. The van der Waals surface area contributed by atoms with Gasteiger partial charge in [-0.05, 0) is 57.0 Å². The van der Waals surface area contributed by atoms with Crippen molar-refractivity contribution in [2.75, 3.05) is 13.1 Å². The summed E-state index contributed by atoms with van der Waals surface area (Å²) in [5, 5.41) is 3.78. The summed E-state index contributed by atoms with van der Waals surface area (Å²) in [4.78, 5) is 2.94. The molecule has 19 heavy (non-hydrogen) atoms. The van der Waals surface area contributed by atoms with Gasteiger partial charge in [0.2, 0.25) is 0 Å². The molecule has 2 heterocycles. The summed E-state index contributed by atoms with van der Waals surface area (Å²) in [5.74, 6) is 0. The van der Waals surface area contributed by atoms with Crippen molar-refractivity contribution in [3.05, 3.63) is 0 Å². The number of rotatable bonds is 2. The summed E-state index contributed by atoms with van der Waals surface area (Å²) in [6.45, 7) is 7.65. The van der Waals surface area contributed by atoms with Crippen LogP contribution in [0.15, 0.2) is 0 Å². The van der Waals surface area contributed by atoms with Crippen molar-refractivity contribution in [2.24, 2.45) is 5.41 Å². The molecular weight excluding hydrogens is 232 g/mol. The normalized spacial score (nSPS) is 40.4. The smallest absolute Gasteiger partial charge is 0.0252 e. The highest BCUT2D eigenvalue weighted by atomic mass is 15.2. The average Bonchev–Trinajstić information content (AvgIpc) is 2.92. The first kappa shape index (κ1) is 13.9. The van der Waals surface area contributed by atoms with E-state index in [0.717, 1.165) is 18.1 Å². The predicted molar refractivity (Wildman–Crippen MR) is 81.4 cm³/mol. The molecule has 3 unspecified atom stereocenters. The van der Waals surface area contributed by atoms with Crippen molar-refractivity contribution in [3.8, 4) is 0 Å². The topological polar surface area (TPSA) is 15.3 Å². The maximum absolute atomic E-state index is 3.78. The van der Waals surface area contributed by atoms with Crippen LogP contribution in [0.25, 0.3) is 0 Å². The fraction of sp³-hybridized carbons (Fsp3) is 1.00. The van der Waals surface area contributed by atoms with Crippen LogP contribution in [0.3, 0.4) is 0 Å². The maximum Gasteiger partial charge on any atom is 0.0252 e. The van der Waals surface area contributed by atoms with E-state index in [1.165, 1.54) is 70.9 Å². The largest absolute Gasteiger partial charge is 0.312 e. The third-order valence-corrected chi connectivity index (χ3v) is 6.01. The number of piperidine rings is 1. The van der Waals surface area contributed by atoms with Crippen LogP contribution in [0.2, 0.25) is 0 Å². The van der Waals surface area contributed by atoms with E-state index in [1.807, 2.05) is 0 Å². The molecule has 1 N–H and O–H groups in total. The highest BCUT2D eigenvalue weighted by molar-refractivity contribution is 4.98. The van der Waals surface area contributed by atoms with E-state index in [4.69, 9.17) is 0 Å². The van der Waals surface area contributed by atoms with E-state index >= 15 is 0 Å². The Morgan fingerprint density at radius 1 is 0.947 bits per heavy atom. The maximum atomic E-state index is 3.78. The Balaban J connectivity index is 1.75. The Hall–Kier alpha value is -0.0800. The van der Waals surface area contributed by atoms with Gasteiger partial charge < -0.3 is 5.32 Å². The second-order valence-electron chi connectivity index (χ2n) is 7.75. The second kappa shape index (κ2) is 5.73. The number of likely N-dealkylation sites (tertiary alicyclic amines) is 1. The standard InChI is InChI=1S/C17H32N2/c1-17(2)11-5-3-10-16(17)19-13-6-4-9-15(19)14-8-7-12-18-14/h14-16,18H,3-13H2,1-2H3. The van der Waals surface area contributed by atoms with Crippen LogP contribution in [0, 0.1) is 5.41 Å². The molecule has 0 spiro atoms. The van der Waals surface area contributed by atoms with E-state index < -0.39 is 0 Å². The van der Waals surface area contributed by atoms with Crippen molar-refractivity contribution in [1.29, 1.82) is 0 Å². The van der Waals surface area contributed by atoms with Crippen molar-refractivity contribution in [2.45, 2.75) is 89.8 Å². The van der Waals surface area contributed by atoms with Crippen LogP contribution >= 0.6 is 0 Å². The minimum atomic E-state index is 0.534. The number of hydrogen-bond donors (Lipinski definition) is 1. The highest BCUT2D eigenvalue weighted by Gasteiger charge is 2.42. The molecule has 0 aromatic heterocycles. The van der Waals surface area contributed by atoms with Crippen LogP contribution in [0.4, 0.5) is 0 Å². The van der Waals surface area contributed by atoms with Crippen molar-refractivity contribution < 1.29 is 0 Å². The molecule has 2 saturated heterocycles. The van der Waals surface area contributed by atoms with Gasteiger partial charge in [-0.2, -0.15) is 0 Å². The van der Waals surface area contributed by atoms with Crippen molar-refractivity contribution in [3.63, 3.8) is 0 Å². The van der Waals surface area contributed by atoms with E-state index in [9.17, 15) is 0 Å². The van der Waals surface area contributed by atoms with E-state index in [1.54, 1.807) is 0 Å². The Kier molecular flexibility index (Phi) is 4.19. The molecule has 110 valence electrons. The van der Waals surface area contributed by atoms with Crippen LogP contribution < -0.4 is 5.32 Å². The number of nitrogens with zero attached hydrogens (tertiary/aromatic N) is 1. The zero-order valence-corrected chi connectivity index (χ0v) is 13.0. The zero-order chi connectivity index (χ0) is 13.3. The molecule has 0 bridgehead atoms. The number of nitrogens with one attached hydrogen (secondary N) is 1. The molecule has 0 aromatic carbocycles. The summed E-state index contributed by atoms with van der Waals surface area (Å²) in [5.41, 5.74) is 0.534. The molecule has 3 atom stereocenters. The molecule has 3 aliphatic rings. The highest BCUT2D eigenvalue weighted by Crippen LogP contribution is 2.41. The summed E-state index contributed by atoms with van der Waals surface area (Å²) < 4.78 is 0. The second-order valence-corrected chi connectivity index (χ2v) is 7.75. The average molecular weight is 264 g/mol. The van der Waals surface area contributed by atoms with Crippen LogP contribution in [0.1, 0.15) is 71.6 Å². The lowest BCUT2D eigenvalue weighted by Gasteiger charge is -2.51. The monoisotopic (exact) mass is 264 g/mol. The lowest BCUT2D eigenvalue weighted by molar-refractivity contribution is -0.00989. The van der Waals surface area contributed by atoms with E-state index in [0.29, 0.717) is 5.41 Å².